The lowest BCUT2D eigenvalue weighted by Gasteiger charge is -2.22. The van der Waals surface area contributed by atoms with Gasteiger partial charge < -0.3 is 15.2 Å². The van der Waals surface area contributed by atoms with E-state index in [9.17, 15) is 5.11 Å². The summed E-state index contributed by atoms with van der Waals surface area (Å²) >= 11 is 0. The first-order valence-corrected chi connectivity index (χ1v) is 7.80. The summed E-state index contributed by atoms with van der Waals surface area (Å²) < 4.78 is 7.37. The summed E-state index contributed by atoms with van der Waals surface area (Å²) in [5.74, 6) is 0. The predicted octanol–water partition coefficient (Wildman–Crippen LogP) is 1.63. The molecule has 2 aliphatic rings. The maximum absolute atomic E-state index is 10.2. The van der Waals surface area contributed by atoms with Crippen LogP contribution in [0, 0.1) is 0 Å². The van der Waals surface area contributed by atoms with E-state index in [2.05, 4.69) is 27.4 Å². The molecule has 2 fully saturated rings. The second-order valence-corrected chi connectivity index (χ2v) is 6.21. The predicted molar refractivity (Wildman–Crippen MR) is 76.4 cm³/mol. The molecule has 1 atom stereocenters. The number of nitrogens with one attached hydrogen (secondary N) is 1. The molecule has 3 rings (SSSR count). The van der Waals surface area contributed by atoms with Crippen molar-refractivity contribution in [3.05, 3.63) is 18.0 Å². The van der Waals surface area contributed by atoms with Gasteiger partial charge in [-0.3, -0.25) is 4.68 Å². The summed E-state index contributed by atoms with van der Waals surface area (Å²) in [4.78, 5) is 0. The molecule has 0 aromatic carbocycles. The van der Waals surface area contributed by atoms with Gasteiger partial charge in [-0.05, 0) is 18.9 Å². The molecule has 0 radical (unpaired) electrons. The molecule has 0 spiro atoms. The molecular formula is C15H25N3O2. The first kappa shape index (κ1) is 14.0. The first-order valence-electron chi connectivity index (χ1n) is 7.80. The zero-order valence-corrected chi connectivity index (χ0v) is 12.1. The van der Waals surface area contributed by atoms with Gasteiger partial charge in [-0.1, -0.05) is 19.3 Å². The van der Waals surface area contributed by atoms with E-state index in [1.807, 2.05) is 0 Å². The van der Waals surface area contributed by atoms with Crippen molar-refractivity contribution >= 4 is 0 Å². The smallest absolute Gasteiger partial charge is 0.103 e. The van der Waals surface area contributed by atoms with Gasteiger partial charge in [0.15, 0.2) is 0 Å². The number of nitrogens with zero attached hydrogens (tertiary/aromatic N) is 2. The highest BCUT2D eigenvalue weighted by Gasteiger charge is 2.31. The maximum atomic E-state index is 10.2. The molecule has 20 heavy (non-hydrogen) atoms. The molecular weight excluding hydrogens is 254 g/mol. The largest absolute Gasteiger partial charge is 0.386 e. The van der Waals surface area contributed by atoms with Crippen LogP contribution in [-0.2, 0) is 11.3 Å². The molecule has 0 amide bonds. The lowest BCUT2D eigenvalue weighted by Crippen LogP contribution is -2.40. The van der Waals surface area contributed by atoms with Crippen molar-refractivity contribution in [2.45, 2.75) is 56.7 Å². The molecule has 2 heterocycles. The van der Waals surface area contributed by atoms with Crippen LogP contribution in [0.25, 0.3) is 0 Å². The molecule has 1 aliphatic heterocycles. The fourth-order valence-electron chi connectivity index (χ4n) is 3.18. The zero-order valence-electron chi connectivity index (χ0n) is 12.1. The average Bonchev–Trinajstić information content (AvgIpc) is 3.10. The van der Waals surface area contributed by atoms with E-state index in [4.69, 9.17) is 4.74 Å². The SMILES string of the molecule is OC1(CNCc2ccn(C3CCCCC3)n2)CCOC1. The second-order valence-electron chi connectivity index (χ2n) is 6.21. The molecule has 1 saturated carbocycles. The van der Waals surface area contributed by atoms with Crippen LogP contribution in [0.4, 0.5) is 0 Å². The standard InChI is InChI=1S/C15H25N3O2/c19-15(7-9-20-12-15)11-16-10-13-6-8-18(17-13)14-4-2-1-3-5-14/h6,8,14,16,19H,1-5,7,9-12H2. The molecule has 2 N–H and O–H groups in total. The Labute approximate surface area is 120 Å². The van der Waals surface area contributed by atoms with Crippen molar-refractivity contribution in [2.24, 2.45) is 0 Å². The van der Waals surface area contributed by atoms with Crippen LogP contribution in [0.2, 0.25) is 0 Å². The van der Waals surface area contributed by atoms with Gasteiger partial charge in [0.2, 0.25) is 0 Å². The second kappa shape index (κ2) is 6.24. The Balaban J connectivity index is 1.47. The molecule has 1 aromatic rings. The van der Waals surface area contributed by atoms with Crippen LogP contribution in [-0.4, -0.2) is 40.2 Å². The van der Waals surface area contributed by atoms with Crippen LogP contribution < -0.4 is 5.32 Å². The average molecular weight is 279 g/mol. The maximum Gasteiger partial charge on any atom is 0.103 e. The van der Waals surface area contributed by atoms with Gasteiger partial charge in [-0.15, -0.1) is 0 Å². The van der Waals surface area contributed by atoms with E-state index in [1.165, 1.54) is 32.1 Å². The van der Waals surface area contributed by atoms with Gasteiger partial charge in [-0.2, -0.15) is 5.10 Å². The molecule has 112 valence electrons. The van der Waals surface area contributed by atoms with Crippen LogP contribution >= 0.6 is 0 Å². The minimum absolute atomic E-state index is 0.441. The van der Waals surface area contributed by atoms with Crippen LogP contribution in [0.1, 0.15) is 50.3 Å². The van der Waals surface area contributed by atoms with Crippen molar-refractivity contribution in [1.82, 2.24) is 15.1 Å². The first-order chi connectivity index (χ1) is 9.75. The molecule has 0 bridgehead atoms. The summed E-state index contributed by atoms with van der Waals surface area (Å²) in [7, 11) is 0. The number of aliphatic hydroxyl groups is 1. The molecule has 5 nitrogen and oxygen atoms in total. The van der Waals surface area contributed by atoms with E-state index in [0.29, 0.717) is 32.3 Å². The topological polar surface area (TPSA) is 59.3 Å². The minimum atomic E-state index is -0.689. The number of hydrogen-bond donors (Lipinski definition) is 2. The van der Waals surface area contributed by atoms with Gasteiger partial charge in [-0.25, -0.2) is 0 Å². The minimum Gasteiger partial charge on any atom is -0.386 e. The Morgan fingerprint density at radius 3 is 3.00 bits per heavy atom. The Morgan fingerprint density at radius 1 is 1.40 bits per heavy atom. The molecule has 5 heteroatoms. The van der Waals surface area contributed by atoms with Gasteiger partial charge in [0, 0.05) is 32.3 Å². The van der Waals surface area contributed by atoms with E-state index >= 15 is 0 Å². The third kappa shape index (κ3) is 3.40. The van der Waals surface area contributed by atoms with Gasteiger partial charge in [0.05, 0.1) is 18.3 Å². The molecule has 1 aromatic heterocycles. The normalized spacial score (nSPS) is 28.1. The Hall–Kier alpha value is -0.910. The van der Waals surface area contributed by atoms with E-state index in [1.54, 1.807) is 0 Å². The van der Waals surface area contributed by atoms with Crippen molar-refractivity contribution in [3.8, 4) is 0 Å². The number of ether oxygens (including phenoxy) is 1. The number of rotatable bonds is 5. The highest BCUT2D eigenvalue weighted by atomic mass is 16.5. The van der Waals surface area contributed by atoms with E-state index in [0.717, 1.165) is 12.1 Å². The monoisotopic (exact) mass is 279 g/mol. The Morgan fingerprint density at radius 2 is 2.25 bits per heavy atom. The van der Waals surface area contributed by atoms with Gasteiger partial charge in [0.1, 0.15) is 5.60 Å². The molecule has 1 aliphatic carbocycles. The Bertz CT molecular complexity index is 421. The van der Waals surface area contributed by atoms with E-state index in [-0.39, 0.29) is 0 Å². The van der Waals surface area contributed by atoms with Crippen molar-refractivity contribution in [3.63, 3.8) is 0 Å². The van der Waals surface area contributed by atoms with Gasteiger partial charge >= 0.3 is 0 Å². The summed E-state index contributed by atoms with van der Waals surface area (Å²) in [6.45, 7) is 2.39. The van der Waals surface area contributed by atoms with Crippen molar-refractivity contribution < 1.29 is 9.84 Å². The quantitative estimate of drug-likeness (QED) is 0.860. The third-order valence-corrected chi connectivity index (χ3v) is 4.46. The lowest BCUT2D eigenvalue weighted by atomic mass is 9.96. The van der Waals surface area contributed by atoms with Gasteiger partial charge in [0.25, 0.3) is 0 Å². The van der Waals surface area contributed by atoms with E-state index < -0.39 is 5.60 Å². The molecule has 1 saturated heterocycles. The third-order valence-electron chi connectivity index (χ3n) is 4.46. The summed E-state index contributed by atoms with van der Waals surface area (Å²) in [6.07, 6.45) is 9.34. The Kier molecular flexibility index (Phi) is 4.38. The fraction of sp³-hybridized carbons (Fsp3) is 0.800. The molecule has 1 unspecified atom stereocenters. The number of hydrogen-bond acceptors (Lipinski definition) is 4. The van der Waals surface area contributed by atoms with Crippen LogP contribution in [0.3, 0.4) is 0 Å². The summed E-state index contributed by atoms with van der Waals surface area (Å²) in [5.41, 5.74) is 0.365. The van der Waals surface area contributed by atoms with Crippen LogP contribution in [0.5, 0.6) is 0 Å². The highest BCUT2D eigenvalue weighted by Crippen LogP contribution is 2.27. The van der Waals surface area contributed by atoms with Crippen molar-refractivity contribution in [1.29, 1.82) is 0 Å². The van der Waals surface area contributed by atoms with Crippen molar-refractivity contribution in [2.75, 3.05) is 19.8 Å². The fourth-order valence-corrected chi connectivity index (χ4v) is 3.18. The lowest BCUT2D eigenvalue weighted by molar-refractivity contribution is 0.0268. The zero-order chi connectivity index (χ0) is 13.8. The summed E-state index contributed by atoms with van der Waals surface area (Å²) in [5, 5.41) is 18.1. The van der Waals surface area contributed by atoms with Crippen LogP contribution in [0.15, 0.2) is 12.3 Å². The number of aromatic nitrogens is 2. The highest BCUT2D eigenvalue weighted by molar-refractivity contribution is 5.00. The summed E-state index contributed by atoms with van der Waals surface area (Å²) in [6, 6.07) is 2.67.